The Kier molecular flexibility index (Phi) is 3.96. The van der Waals surface area contributed by atoms with E-state index in [0.717, 1.165) is 11.3 Å². The molecule has 3 heteroatoms. The van der Waals surface area contributed by atoms with Crippen LogP contribution in [0.5, 0.6) is 5.75 Å². The van der Waals surface area contributed by atoms with E-state index in [0.29, 0.717) is 13.0 Å². The van der Waals surface area contributed by atoms with Crippen LogP contribution in [-0.4, -0.2) is 6.61 Å². The lowest BCUT2D eigenvalue weighted by molar-refractivity contribution is 0.326. The first-order chi connectivity index (χ1) is 6.74. The highest BCUT2D eigenvalue weighted by atomic mass is 16.5. The van der Waals surface area contributed by atoms with Crippen LogP contribution >= 0.6 is 0 Å². The first-order valence-electron chi connectivity index (χ1n) is 4.59. The Morgan fingerprint density at radius 3 is 3.00 bits per heavy atom. The second kappa shape index (κ2) is 5.25. The van der Waals surface area contributed by atoms with Crippen molar-refractivity contribution < 1.29 is 4.74 Å². The van der Waals surface area contributed by atoms with E-state index in [2.05, 4.69) is 0 Å². The number of nitrogens with zero attached hydrogens (tertiary/aromatic N) is 1. The van der Waals surface area contributed by atoms with Gasteiger partial charge in [0.15, 0.2) is 0 Å². The van der Waals surface area contributed by atoms with Crippen molar-refractivity contribution in [1.29, 1.82) is 5.26 Å². The van der Waals surface area contributed by atoms with E-state index in [4.69, 9.17) is 15.7 Å². The molecule has 0 radical (unpaired) electrons. The number of ether oxygens (including phenoxy) is 1. The molecule has 1 atom stereocenters. The maximum atomic E-state index is 8.34. The summed E-state index contributed by atoms with van der Waals surface area (Å²) >= 11 is 0. The Bertz CT molecular complexity index is 328. The molecule has 0 aromatic heterocycles. The topological polar surface area (TPSA) is 59.0 Å². The Labute approximate surface area is 84.1 Å². The van der Waals surface area contributed by atoms with Gasteiger partial charge in [-0.3, -0.25) is 0 Å². The summed E-state index contributed by atoms with van der Waals surface area (Å²) in [6.07, 6.45) is 0.405. The summed E-state index contributed by atoms with van der Waals surface area (Å²) in [7, 11) is 0. The average molecular weight is 190 g/mol. The zero-order valence-corrected chi connectivity index (χ0v) is 8.23. The van der Waals surface area contributed by atoms with Crippen molar-refractivity contribution in [2.75, 3.05) is 6.61 Å². The third-order valence-electron chi connectivity index (χ3n) is 1.87. The Morgan fingerprint density at radius 1 is 1.57 bits per heavy atom. The smallest absolute Gasteiger partial charge is 0.119 e. The molecule has 0 saturated carbocycles. The van der Waals surface area contributed by atoms with Gasteiger partial charge in [-0.15, -0.1) is 0 Å². The fraction of sp³-hybridized carbons (Fsp3) is 0.364. The second-order valence-electron chi connectivity index (χ2n) is 3.12. The molecule has 0 saturated heterocycles. The maximum absolute atomic E-state index is 8.34. The summed E-state index contributed by atoms with van der Waals surface area (Å²) in [4.78, 5) is 0. The summed E-state index contributed by atoms with van der Waals surface area (Å²) in [6.45, 7) is 2.35. The molecule has 0 spiro atoms. The normalized spacial score (nSPS) is 11.8. The van der Waals surface area contributed by atoms with E-state index >= 15 is 0 Å². The van der Waals surface area contributed by atoms with Crippen LogP contribution in [0.3, 0.4) is 0 Å². The Morgan fingerprint density at radius 2 is 2.36 bits per heavy atom. The predicted molar refractivity (Wildman–Crippen MR) is 54.8 cm³/mol. The van der Waals surface area contributed by atoms with Crippen LogP contribution in [0.2, 0.25) is 0 Å². The molecule has 0 unspecified atom stereocenters. The van der Waals surface area contributed by atoms with E-state index in [1.165, 1.54) is 0 Å². The standard InChI is InChI=1S/C11H14N2O/c1-9(13)10-4-2-5-11(8-10)14-7-3-6-12/h2,4-5,8-9H,3,7,13H2,1H3/t9-/m0/s1. The van der Waals surface area contributed by atoms with E-state index in [9.17, 15) is 0 Å². The van der Waals surface area contributed by atoms with Gasteiger partial charge in [0.2, 0.25) is 0 Å². The molecular weight excluding hydrogens is 176 g/mol. The molecule has 0 aliphatic rings. The van der Waals surface area contributed by atoms with Crippen LogP contribution in [0.25, 0.3) is 0 Å². The first-order valence-corrected chi connectivity index (χ1v) is 4.59. The van der Waals surface area contributed by atoms with E-state index in [-0.39, 0.29) is 6.04 Å². The van der Waals surface area contributed by atoms with E-state index in [1.807, 2.05) is 37.3 Å². The number of nitrogens with two attached hydrogens (primary N) is 1. The molecule has 14 heavy (non-hydrogen) atoms. The largest absolute Gasteiger partial charge is 0.493 e. The monoisotopic (exact) mass is 190 g/mol. The molecule has 0 fully saturated rings. The molecule has 1 rings (SSSR count). The number of nitriles is 1. The van der Waals surface area contributed by atoms with E-state index in [1.54, 1.807) is 0 Å². The van der Waals surface area contributed by atoms with Gasteiger partial charge < -0.3 is 10.5 Å². The third-order valence-corrected chi connectivity index (χ3v) is 1.87. The molecule has 0 amide bonds. The molecule has 2 N–H and O–H groups in total. The van der Waals surface area contributed by atoms with Crippen molar-refractivity contribution in [3.05, 3.63) is 29.8 Å². The summed E-state index contributed by atoms with van der Waals surface area (Å²) < 4.78 is 5.36. The number of hydrogen-bond acceptors (Lipinski definition) is 3. The van der Waals surface area contributed by atoms with Crippen molar-refractivity contribution in [3.8, 4) is 11.8 Å². The van der Waals surface area contributed by atoms with Gasteiger partial charge >= 0.3 is 0 Å². The third kappa shape index (κ3) is 3.08. The second-order valence-corrected chi connectivity index (χ2v) is 3.12. The molecule has 0 bridgehead atoms. The zero-order valence-electron chi connectivity index (χ0n) is 8.23. The van der Waals surface area contributed by atoms with Gasteiger partial charge in [-0.25, -0.2) is 0 Å². The highest BCUT2D eigenvalue weighted by Crippen LogP contribution is 2.17. The summed E-state index contributed by atoms with van der Waals surface area (Å²) in [5.74, 6) is 0.773. The SMILES string of the molecule is C[C@H](N)c1cccc(OCCC#N)c1. The Hall–Kier alpha value is -1.53. The van der Waals surface area contributed by atoms with Crippen LogP contribution in [-0.2, 0) is 0 Å². The van der Waals surface area contributed by atoms with Crippen LogP contribution < -0.4 is 10.5 Å². The van der Waals surface area contributed by atoms with Crippen LogP contribution in [0.4, 0.5) is 0 Å². The lowest BCUT2D eigenvalue weighted by atomic mass is 10.1. The fourth-order valence-corrected chi connectivity index (χ4v) is 1.10. The van der Waals surface area contributed by atoms with Crippen LogP contribution in [0.1, 0.15) is 24.9 Å². The van der Waals surface area contributed by atoms with Gasteiger partial charge in [0, 0.05) is 6.04 Å². The summed E-state index contributed by atoms with van der Waals surface area (Å²) in [5, 5.41) is 8.34. The minimum atomic E-state index is 0.00881. The van der Waals surface area contributed by atoms with E-state index < -0.39 is 0 Å². The number of benzene rings is 1. The van der Waals surface area contributed by atoms with Gasteiger partial charge in [-0.2, -0.15) is 5.26 Å². The predicted octanol–water partition coefficient (Wildman–Crippen LogP) is 2.00. The molecular formula is C11H14N2O. The quantitative estimate of drug-likeness (QED) is 0.739. The van der Waals surface area contributed by atoms with Crippen molar-refractivity contribution in [1.82, 2.24) is 0 Å². The molecule has 3 nitrogen and oxygen atoms in total. The van der Waals surface area contributed by atoms with Gasteiger partial charge in [0.25, 0.3) is 0 Å². The van der Waals surface area contributed by atoms with Crippen molar-refractivity contribution in [2.45, 2.75) is 19.4 Å². The zero-order chi connectivity index (χ0) is 10.4. The lowest BCUT2D eigenvalue weighted by Gasteiger charge is -2.08. The van der Waals surface area contributed by atoms with Crippen molar-refractivity contribution >= 4 is 0 Å². The molecule has 74 valence electrons. The van der Waals surface area contributed by atoms with Gasteiger partial charge in [0.05, 0.1) is 12.5 Å². The van der Waals surface area contributed by atoms with Crippen molar-refractivity contribution in [2.24, 2.45) is 5.73 Å². The highest BCUT2D eigenvalue weighted by molar-refractivity contribution is 5.30. The molecule has 1 aromatic carbocycles. The highest BCUT2D eigenvalue weighted by Gasteiger charge is 2.00. The first kappa shape index (κ1) is 10.6. The van der Waals surface area contributed by atoms with Crippen LogP contribution in [0.15, 0.2) is 24.3 Å². The fourth-order valence-electron chi connectivity index (χ4n) is 1.10. The Balaban J connectivity index is 2.60. The minimum Gasteiger partial charge on any atom is -0.493 e. The van der Waals surface area contributed by atoms with Gasteiger partial charge in [-0.1, -0.05) is 12.1 Å². The molecule has 0 aliphatic heterocycles. The summed E-state index contributed by atoms with van der Waals surface area (Å²) in [6, 6.07) is 9.67. The minimum absolute atomic E-state index is 0.00881. The molecule has 1 aromatic rings. The van der Waals surface area contributed by atoms with Gasteiger partial charge in [0.1, 0.15) is 12.4 Å². The lowest BCUT2D eigenvalue weighted by Crippen LogP contribution is -2.05. The van der Waals surface area contributed by atoms with Crippen molar-refractivity contribution in [3.63, 3.8) is 0 Å². The summed E-state index contributed by atoms with van der Waals surface area (Å²) in [5.41, 5.74) is 6.77. The maximum Gasteiger partial charge on any atom is 0.119 e. The number of hydrogen-bond donors (Lipinski definition) is 1. The molecule has 0 heterocycles. The van der Waals surface area contributed by atoms with Gasteiger partial charge in [-0.05, 0) is 24.6 Å². The van der Waals surface area contributed by atoms with Crippen LogP contribution in [0, 0.1) is 11.3 Å². The number of rotatable bonds is 4. The average Bonchev–Trinajstić information content (AvgIpc) is 2.19. The molecule has 0 aliphatic carbocycles.